The van der Waals surface area contributed by atoms with Gasteiger partial charge in [-0.3, -0.25) is 0 Å². The number of nitrogens with two attached hydrogens (primary N) is 2. The molecule has 0 fully saturated rings. The summed E-state index contributed by atoms with van der Waals surface area (Å²) < 4.78 is 4.22. The van der Waals surface area contributed by atoms with E-state index in [1.165, 1.54) is 0 Å². The van der Waals surface area contributed by atoms with E-state index >= 15 is 0 Å². The number of carboxylic acid groups (broad SMARTS) is 1. The highest BCUT2D eigenvalue weighted by molar-refractivity contribution is 5.73. The van der Waals surface area contributed by atoms with Gasteiger partial charge in [-0.1, -0.05) is 0 Å². The molecule has 1 rings (SSSR count). The third-order valence-corrected chi connectivity index (χ3v) is 1.29. The third-order valence-electron chi connectivity index (χ3n) is 1.29. The zero-order valence-electron chi connectivity index (χ0n) is 6.80. The van der Waals surface area contributed by atoms with Gasteiger partial charge in [0.25, 0.3) is 0 Å². The summed E-state index contributed by atoms with van der Waals surface area (Å²) in [5.41, 5.74) is 10.1. The Balaban J connectivity index is 3.24. The highest BCUT2D eigenvalue weighted by Gasteiger charge is 2.14. The molecule has 0 unspecified atom stereocenters. The molecule has 1 aromatic rings. The van der Waals surface area contributed by atoms with Crippen LogP contribution in [0.4, 0.5) is 22.1 Å². The molecule has 0 aromatic carbocycles. The summed E-state index contributed by atoms with van der Waals surface area (Å²) in [7, 11) is 0. The Kier molecular flexibility index (Phi) is 2.47. The van der Waals surface area contributed by atoms with E-state index in [0.29, 0.717) is 0 Å². The normalized spacial score (nSPS) is 9.43. The third kappa shape index (κ3) is 1.86. The maximum atomic E-state index is 10.3. The van der Waals surface area contributed by atoms with Gasteiger partial charge in [-0.05, 0) is 5.18 Å². The lowest BCUT2D eigenvalue weighted by Crippen LogP contribution is -2.05. The van der Waals surface area contributed by atoms with Crippen LogP contribution in [-0.4, -0.2) is 16.2 Å². The quantitative estimate of drug-likeness (QED) is 0.469. The molecular weight excluding hydrogens is 192 g/mol. The van der Waals surface area contributed by atoms with Crippen LogP contribution in [0.1, 0.15) is 0 Å². The van der Waals surface area contributed by atoms with E-state index < -0.39 is 6.16 Å². The van der Waals surface area contributed by atoms with Crippen LogP contribution in [0.25, 0.3) is 0 Å². The van der Waals surface area contributed by atoms with E-state index in [4.69, 9.17) is 16.6 Å². The summed E-state index contributed by atoms with van der Waals surface area (Å²) in [5.74, 6) is -0.681. The van der Waals surface area contributed by atoms with Gasteiger partial charge in [0.1, 0.15) is 5.82 Å². The number of carbonyl (C=O) groups is 1. The van der Waals surface area contributed by atoms with Crippen LogP contribution >= 0.6 is 0 Å². The Labute approximate surface area is 77.5 Å². The highest BCUT2D eigenvalue weighted by Crippen LogP contribution is 2.33. The standard InChI is InChI=1S/C6H6N4O4/c7-3-1-2(14-6(11)12)4(10-13)5(8)9-3/h1H,(H,11,12)(H4,7,8,9). The summed E-state index contributed by atoms with van der Waals surface area (Å²) in [4.78, 5) is 23.9. The number of hydrogen-bond acceptors (Lipinski definition) is 7. The van der Waals surface area contributed by atoms with Gasteiger partial charge in [0.15, 0.2) is 17.3 Å². The monoisotopic (exact) mass is 198 g/mol. The van der Waals surface area contributed by atoms with E-state index in [1.807, 2.05) is 0 Å². The first-order valence-electron chi connectivity index (χ1n) is 3.34. The maximum absolute atomic E-state index is 10.3. The molecule has 1 aromatic heterocycles. The molecule has 1 heterocycles. The zero-order chi connectivity index (χ0) is 10.7. The lowest BCUT2D eigenvalue weighted by molar-refractivity contribution is 0.144. The fourth-order valence-corrected chi connectivity index (χ4v) is 0.817. The van der Waals surface area contributed by atoms with Crippen LogP contribution in [0.3, 0.4) is 0 Å². The van der Waals surface area contributed by atoms with Gasteiger partial charge in [-0.2, -0.15) is 0 Å². The minimum absolute atomic E-state index is 0.0637. The van der Waals surface area contributed by atoms with Crippen LogP contribution < -0.4 is 16.2 Å². The second kappa shape index (κ2) is 3.56. The summed E-state index contributed by atoms with van der Waals surface area (Å²) in [6, 6.07) is 1.04. The molecule has 0 saturated heterocycles. The first kappa shape index (κ1) is 9.71. The predicted molar refractivity (Wildman–Crippen MR) is 47.2 cm³/mol. The van der Waals surface area contributed by atoms with Crippen molar-refractivity contribution in [3.63, 3.8) is 0 Å². The fourth-order valence-electron chi connectivity index (χ4n) is 0.817. The molecule has 0 aliphatic rings. The number of nitroso groups, excluding NO2 is 1. The average molecular weight is 198 g/mol. The van der Waals surface area contributed by atoms with Gasteiger partial charge in [-0.15, -0.1) is 4.91 Å². The smallest absolute Gasteiger partial charge is 0.449 e. The summed E-state index contributed by atoms with van der Waals surface area (Å²) in [5, 5.41) is 10.8. The van der Waals surface area contributed by atoms with E-state index in [0.717, 1.165) is 6.07 Å². The van der Waals surface area contributed by atoms with Gasteiger partial charge >= 0.3 is 6.16 Å². The van der Waals surface area contributed by atoms with Gasteiger partial charge in [0.05, 0.1) is 0 Å². The Bertz CT molecular complexity index is 392. The molecule has 5 N–H and O–H groups in total. The number of aromatic nitrogens is 1. The molecule has 0 aliphatic heterocycles. The van der Waals surface area contributed by atoms with Crippen molar-refractivity contribution in [3.05, 3.63) is 11.0 Å². The number of ether oxygens (including phenoxy) is 1. The number of rotatable bonds is 2. The topological polar surface area (TPSA) is 141 Å². The minimum atomic E-state index is -1.60. The van der Waals surface area contributed by atoms with Crippen molar-refractivity contribution < 1.29 is 14.6 Å². The molecule has 0 radical (unpaired) electrons. The molecule has 0 saturated carbocycles. The van der Waals surface area contributed by atoms with Crippen molar-refractivity contribution in [1.29, 1.82) is 0 Å². The first-order valence-corrected chi connectivity index (χ1v) is 3.34. The molecule has 0 atom stereocenters. The molecule has 0 aliphatic carbocycles. The van der Waals surface area contributed by atoms with Gasteiger partial charge < -0.3 is 21.3 Å². The number of nitrogen functional groups attached to an aromatic ring is 2. The molecule has 14 heavy (non-hydrogen) atoms. The highest BCUT2D eigenvalue weighted by atomic mass is 16.7. The predicted octanol–water partition coefficient (Wildman–Crippen LogP) is 0.701. The molecule has 8 nitrogen and oxygen atoms in total. The molecule has 74 valence electrons. The Morgan fingerprint density at radius 1 is 1.57 bits per heavy atom. The van der Waals surface area contributed by atoms with Crippen LogP contribution in [-0.2, 0) is 0 Å². The van der Waals surface area contributed by atoms with Gasteiger partial charge in [0, 0.05) is 6.07 Å². The molecule has 0 bridgehead atoms. The average Bonchev–Trinajstić information content (AvgIpc) is 2.01. The number of hydrogen-bond donors (Lipinski definition) is 3. The van der Waals surface area contributed by atoms with Gasteiger partial charge in [-0.25, -0.2) is 9.78 Å². The maximum Gasteiger partial charge on any atom is 0.511 e. The molecule has 8 heteroatoms. The van der Waals surface area contributed by atoms with Crippen LogP contribution in [0.2, 0.25) is 0 Å². The van der Waals surface area contributed by atoms with E-state index in [1.54, 1.807) is 0 Å². The van der Waals surface area contributed by atoms with Crippen LogP contribution in [0, 0.1) is 4.91 Å². The Morgan fingerprint density at radius 2 is 2.21 bits per heavy atom. The summed E-state index contributed by atoms with van der Waals surface area (Å²) in [6.07, 6.45) is -1.60. The van der Waals surface area contributed by atoms with Crippen molar-refractivity contribution in [2.45, 2.75) is 0 Å². The van der Waals surface area contributed by atoms with Crippen molar-refractivity contribution in [3.8, 4) is 5.75 Å². The summed E-state index contributed by atoms with van der Waals surface area (Å²) in [6.45, 7) is 0. The summed E-state index contributed by atoms with van der Waals surface area (Å²) >= 11 is 0. The lowest BCUT2D eigenvalue weighted by Gasteiger charge is -2.04. The second-order valence-corrected chi connectivity index (χ2v) is 2.24. The lowest BCUT2D eigenvalue weighted by atomic mass is 10.3. The Hall–Kier alpha value is -2.38. The first-order chi connectivity index (χ1) is 6.54. The number of anilines is 2. The molecular formula is C6H6N4O4. The minimum Gasteiger partial charge on any atom is -0.449 e. The van der Waals surface area contributed by atoms with Crippen molar-refractivity contribution in [2.75, 3.05) is 11.5 Å². The number of nitrogens with zero attached hydrogens (tertiary/aromatic N) is 2. The molecule has 0 spiro atoms. The largest absolute Gasteiger partial charge is 0.511 e. The van der Waals surface area contributed by atoms with Gasteiger partial charge in [0.2, 0.25) is 0 Å². The van der Waals surface area contributed by atoms with Crippen molar-refractivity contribution in [2.24, 2.45) is 5.18 Å². The van der Waals surface area contributed by atoms with Crippen molar-refractivity contribution in [1.82, 2.24) is 4.98 Å². The van der Waals surface area contributed by atoms with Crippen molar-refractivity contribution >= 4 is 23.5 Å². The van der Waals surface area contributed by atoms with Crippen LogP contribution in [0.15, 0.2) is 11.2 Å². The van der Waals surface area contributed by atoms with E-state index in [9.17, 15) is 9.70 Å². The zero-order valence-corrected chi connectivity index (χ0v) is 6.80. The van der Waals surface area contributed by atoms with E-state index in [2.05, 4.69) is 14.9 Å². The van der Waals surface area contributed by atoms with E-state index in [-0.39, 0.29) is 23.1 Å². The number of pyridine rings is 1. The van der Waals surface area contributed by atoms with Crippen LogP contribution in [0.5, 0.6) is 5.75 Å². The fraction of sp³-hybridized carbons (Fsp3) is 0. The second-order valence-electron chi connectivity index (χ2n) is 2.24. The Morgan fingerprint density at radius 3 is 2.71 bits per heavy atom. The SMILES string of the molecule is Nc1cc(OC(=O)O)c(N=O)c(N)n1. The molecule has 0 amide bonds.